The van der Waals surface area contributed by atoms with E-state index in [2.05, 4.69) is 59.9 Å². The molecule has 0 amide bonds. The number of thioether (sulfide) groups is 1. The van der Waals surface area contributed by atoms with E-state index >= 15 is 0 Å². The minimum Gasteiger partial charge on any atom is -0.367 e. The first-order valence-corrected chi connectivity index (χ1v) is 10.3. The van der Waals surface area contributed by atoms with E-state index in [0.29, 0.717) is 6.04 Å². The van der Waals surface area contributed by atoms with Crippen molar-refractivity contribution in [3.05, 3.63) is 60.2 Å². The predicted molar refractivity (Wildman–Crippen MR) is 109 cm³/mol. The molecule has 1 saturated carbocycles. The summed E-state index contributed by atoms with van der Waals surface area (Å²) in [6, 6.07) is 20.5. The lowest BCUT2D eigenvalue weighted by Gasteiger charge is -2.32. The number of hydrogen-bond acceptors (Lipinski definition) is 2. The van der Waals surface area contributed by atoms with E-state index in [4.69, 9.17) is 12.2 Å². The zero-order chi connectivity index (χ0) is 16.4. The van der Waals surface area contributed by atoms with Crippen molar-refractivity contribution in [2.24, 2.45) is 5.92 Å². The van der Waals surface area contributed by atoms with Gasteiger partial charge >= 0.3 is 0 Å². The van der Waals surface area contributed by atoms with Crippen LogP contribution in [0.4, 0.5) is 0 Å². The van der Waals surface area contributed by atoms with E-state index in [9.17, 15) is 0 Å². The molecule has 2 aliphatic rings. The molecule has 0 radical (unpaired) electrons. The molecule has 2 aromatic rings. The Morgan fingerprint density at radius 1 is 0.833 bits per heavy atom. The van der Waals surface area contributed by atoms with Crippen LogP contribution in [0.2, 0.25) is 0 Å². The summed E-state index contributed by atoms with van der Waals surface area (Å²) in [5, 5.41) is 3.50. The van der Waals surface area contributed by atoms with Crippen LogP contribution in [-0.4, -0.2) is 16.1 Å². The van der Waals surface area contributed by atoms with Crippen molar-refractivity contribution in [1.82, 2.24) is 5.32 Å². The summed E-state index contributed by atoms with van der Waals surface area (Å²) in [5.74, 6) is 2.70. The van der Waals surface area contributed by atoms with Gasteiger partial charge in [-0.1, -0.05) is 78.6 Å². The van der Waals surface area contributed by atoms with Crippen molar-refractivity contribution in [2.45, 2.75) is 37.6 Å². The molecule has 1 aliphatic carbocycles. The first-order valence-electron chi connectivity index (χ1n) is 8.88. The summed E-state index contributed by atoms with van der Waals surface area (Å²) >= 11 is 7.09. The molecule has 1 aliphatic heterocycles. The maximum Gasteiger partial charge on any atom is 0.134 e. The summed E-state index contributed by atoms with van der Waals surface area (Å²) in [4.78, 5) is 0. The Kier molecular flexibility index (Phi) is 4.91. The smallest absolute Gasteiger partial charge is 0.134 e. The van der Waals surface area contributed by atoms with Crippen molar-refractivity contribution in [1.29, 1.82) is 0 Å². The average molecular weight is 354 g/mol. The van der Waals surface area contributed by atoms with E-state index < -0.39 is 0 Å². The fraction of sp³-hybridized carbons (Fsp3) is 0.381. The van der Waals surface area contributed by atoms with Gasteiger partial charge in [0.25, 0.3) is 0 Å². The molecule has 1 atom stereocenters. The number of rotatable bonds is 3. The van der Waals surface area contributed by atoms with Crippen LogP contribution in [-0.2, 0) is 0 Å². The maximum absolute atomic E-state index is 5.27. The van der Waals surface area contributed by atoms with Gasteiger partial charge in [-0.3, -0.25) is 0 Å². The second kappa shape index (κ2) is 7.28. The van der Waals surface area contributed by atoms with Gasteiger partial charge in [0, 0.05) is 11.8 Å². The van der Waals surface area contributed by atoms with E-state index in [0.717, 1.165) is 16.2 Å². The third-order valence-electron chi connectivity index (χ3n) is 5.53. The zero-order valence-corrected chi connectivity index (χ0v) is 15.4. The quantitative estimate of drug-likeness (QED) is 0.720. The molecular weight excluding hydrogens is 330 g/mol. The first kappa shape index (κ1) is 16.2. The highest BCUT2D eigenvalue weighted by Gasteiger charge is 2.31. The molecule has 1 unspecified atom stereocenters. The molecule has 2 fully saturated rings. The number of hydrogen-bond donors (Lipinski definition) is 1. The van der Waals surface area contributed by atoms with Gasteiger partial charge in [0.05, 0.1) is 0 Å². The normalized spacial score (nSPS) is 27.0. The molecule has 124 valence electrons. The predicted octanol–water partition coefficient (Wildman–Crippen LogP) is 5.62. The highest BCUT2D eigenvalue weighted by molar-refractivity contribution is 8.23. The lowest BCUT2D eigenvalue weighted by Crippen LogP contribution is -2.35. The van der Waals surface area contributed by atoms with E-state index in [1.807, 2.05) is 11.8 Å². The third kappa shape index (κ3) is 3.52. The zero-order valence-electron chi connectivity index (χ0n) is 13.8. The minimum atomic E-state index is 0.615. The standard InChI is InChI=1S/C21H23NS2/c23-21-22-20(14-24-21)19-12-10-18(11-13-19)17-8-6-16(7-9-17)15-4-2-1-3-5-15/h1-9,18-20H,10-14H2,(H,22,23). The minimum absolute atomic E-state index is 0.615. The fourth-order valence-corrected chi connectivity index (χ4v) is 5.36. The van der Waals surface area contributed by atoms with Crippen LogP contribution in [0.1, 0.15) is 37.2 Å². The van der Waals surface area contributed by atoms with Gasteiger partial charge in [0.1, 0.15) is 4.32 Å². The summed E-state index contributed by atoms with van der Waals surface area (Å²) in [6.45, 7) is 0. The van der Waals surface area contributed by atoms with Gasteiger partial charge in [-0.2, -0.15) is 0 Å². The van der Waals surface area contributed by atoms with E-state index in [1.54, 1.807) is 0 Å². The van der Waals surface area contributed by atoms with Crippen LogP contribution in [0, 0.1) is 5.92 Å². The molecule has 0 aromatic heterocycles. The molecule has 0 spiro atoms. The highest BCUT2D eigenvalue weighted by atomic mass is 32.2. The maximum atomic E-state index is 5.27. The summed E-state index contributed by atoms with van der Waals surface area (Å²) in [6.07, 6.45) is 5.27. The lowest BCUT2D eigenvalue weighted by molar-refractivity contribution is 0.285. The van der Waals surface area contributed by atoms with Gasteiger partial charge in [-0.15, -0.1) is 0 Å². The molecule has 2 aromatic carbocycles. The van der Waals surface area contributed by atoms with Crippen LogP contribution in [0.15, 0.2) is 54.6 Å². The fourth-order valence-electron chi connectivity index (χ4n) is 4.09. The van der Waals surface area contributed by atoms with Crippen molar-refractivity contribution < 1.29 is 0 Å². The first-order chi connectivity index (χ1) is 11.8. The van der Waals surface area contributed by atoms with E-state index in [1.165, 1.54) is 48.1 Å². The highest BCUT2D eigenvalue weighted by Crippen LogP contribution is 2.39. The SMILES string of the molecule is S=C1NC(C2CCC(c3ccc(-c4ccccc4)cc3)CC2)CS1. The van der Waals surface area contributed by atoms with Crippen LogP contribution < -0.4 is 5.32 Å². The number of nitrogens with one attached hydrogen (secondary N) is 1. The topological polar surface area (TPSA) is 12.0 Å². The Hall–Kier alpha value is -1.32. The Morgan fingerprint density at radius 3 is 2.12 bits per heavy atom. The summed E-state index contributed by atoms with van der Waals surface area (Å²) in [7, 11) is 0. The monoisotopic (exact) mass is 353 g/mol. The number of benzene rings is 2. The second-order valence-electron chi connectivity index (χ2n) is 6.95. The second-order valence-corrected chi connectivity index (χ2v) is 8.65. The largest absolute Gasteiger partial charge is 0.367 e. The molecule has 1 heterocycles. The van der Waals surface area contributed by atoms with Crippen LogP contribution in [0.5, 0.6) is 0 Å². The van der Waals surface area contributed by atoms with Gasteiger partial charge in [-0.05, 0) is 54.2 Å². The molecule has 1 saturated heterocycles. The molecule has 4 rings (SSSR count). The van der Waals surface area contributed by atoms with Crippen molar-refractivity contribution >= 4 is 28.3 Å². The molecule has 3 heteroatoms. The van der Waals surface area contributed by atoms with Crippen molar-refractivity contribution in [2.75, 3.05) is 5.75 Å². The Morgan fingerprint density at radius 2 is 1.50 bits per heavy atom. The molecule has 24 heavy (non-hydrogen) atoms. The average Bonchev–Trinajstić information content (AvgIpc) is 3.09. The van der Waals surface area contributed by atoms with Crippen molar-refractivity contribution in [3.8, 4) is 11.1 Å². The summed E-state index contributed by atoms with van der Waals surface area (Å²) in [5.41, 5.74) is 4.12. The van der Waals surface area contributed by atoms with Gasteiger partial charge in [-0.25, -0.2) is 0 Å². The molecule has 1 N–H and O–H groups in total. The van der Waals surface area contributed by atoms with Gasteiger partial charge in [0.15, 0.2) is 0 Å². The van der Waals surface area contributed by atoms with Gasteiger partial charge < -0.3 is 5.32 Å². The third-order valence-corrected chi connectivity index (χ3v) is 6.90. The van der Waals surface area contributed by atoms with Crippen LogP contribution in [0.3, 0.4) is 0 Å². The molecule has 1 nitrogen and oxygen atoms in total. The Bertz CT molecular complexity index is 688. The lowest BCUT2D eigenvalue weighted by atomic mass is 9.76. The number of thiocarbonyl (C=S) groups is 1. The Labute approximate surface area is 154 Å². The van der Waals surface area contributed by atoms with Gasteiger partial charge in [0.2, 0.25) is 0 Å². The summed E-state index contributed by atoms with van der Waals surface area (Å²) < 4.78 is 0.999. The van der Waals surface area contributed by atoms with Crippen molar-refractivity contribution in [3.63, 3.8) is 0 Å². The molecular formula is C21H23NS2. The van der Waals surface area contributed by atoms with Crippen LogP contribution in [0.25, 0.3) is 11.1 Å². The van der Waals surface area contributed by atoms with Crippen LogP contribution >= 0.6 is 24.0 Å². The molecule has 0 bridgehead atoms. The van der Waals surface area contributed by atoms with E-state index in [-0.39, 0.29) is 0 Å². The Balaban J connectivity index is 1.38.